The topological polar surface area (TPSA) is 117 Å². The summed E-state index contributed by atoms with van der Waals surface area (Å²) in [6.45, 7) is 2.07. The van der Waals surface area contributed by atoms with Crippen LogP contribution in [0.25, 0.3) is 0 Å². The van der Waals surface area contributed by atoms with Gasteiger partial charge in [0.25, 0.3) is 5.56 Å². The van der Waals surface area contributed by atoms with Gasteiger partial charge in [0.2, 0.25) is 12.7 Å². The number of ether oxygens (including phenoxy) is 2. The van der Waals surface area contributed by atoms with Gasteiger partial charge in [0.1, 0.15) is 5.56 Å². The van der Waals surface area contributed by atoms with E-state index in [0.29, 0.717) is 23.8 Å². The summed E-state index contributed by atoms with van der Waals surface area (Å²) in [6, 6.07) is 5.42. The Hall–Kier alpha value is -3.03. The first-order chi connectivity index (χ1) is 10.5. The number of nitrogens with one attached hydrogen (secondary N) is 2. The van der Waals surface area contributed by atoms with Crippen LogP contribution in [0.2, 0.25) is 0 Å². The van der Waals surface area contributed by atoms with E-state index in [4.69, 9.17) is 9.47 Å². The van der Waals surface area contributed by atoms with Crippen LogP contribution in [0, 0.1) is 0 Å². The quantitative estimate of drug-likeness (QED) is 0.714. The molecule has 2 heterocycles. The van der Waals surface area contributed by atoms with Gasteiger partial charge in [-0.15, -0.1) is 0 Å². The lowest BCUT2D eigenvalue weighted by atomic mass is 10.2. The fraction of sp³-hybridized carbons (Fsp3) is 0.214. The Morgan fingerprint density at radius 3 is 2.82 bits per heavy atom. The number of hydrogen-bond donors (Lipinski definition) is 3. The molecule has 1 aliphatic heterocycles. The van der Waals surface area contributed by atoms with E-state index in [1.807, 2.05) is 11.1 Å². The molecule has 8 nitrogen and oxygen atoms in total. The lowest BCUT2D eigenvalue weighted by Crippen LogP contribution is -2.27. The minimum absolute atomic E-state index is 0.0552. The molecule has 0 bridgehead atoms. The number of fused-ring (bicyclic) bond motifs is 1. The first kappa shape index (κ1) is 13.9. The highest BCUT2D eigenvalue weighted by Gasteiger charge is 2.14. The average Bonchev–Trinajstić information content (AvgIpc) is 2.91. The second kappa shape index (κ2) is 5.40. The molecule has 22 heavy (non-hydrogen) atoms. The van der Waals surface area contributed by atoms with Gasteiger partial charge in [-0.1, -0.05) is 6.07 Å². The predicted molar refractivity (Wildman–Crippen MR) is 77.8 cm³/mol. The molecule has 1 aromatic heterocycles. The maximum absolute atomic E-state index is 11.7. The molecule has 3 rings (SSSR count). The molecule has 3 N–H and O–H groups in total. The molecule has 0 amide bonds. The van der Waals surface area contributed by atoms with Gasteiger partial charge < -0.3 is 14.6 Å². The molecule has 0 spiro atoms. The van der Waals surface area contributed by atoms with Crippen molar-refractivity contribution in [2.24, 2.45) is 4.99 Å². The second-order valence-electron chi connectivity index (χ2n) is 4.72. The summed E-state index contributed by atoms with van der Waals surface area (Å²) in [5, 5.41) is 9.67. The highest BCUT2D eigenvalue weighted by Crippen LogP contribution is 2.32. The number of aromatic nitrogens is 2. The van der Waals surface area contributed by atoms with E-state index < -0.39 is 17.1 Å². The van der Waals surface area contributed by atoms with Crippen molar-refractivity contribution in [3.63, 3.8) is 0 Å². The minimum atomic E-state index is -0.769. The van der Waals surface area contributed by atoms with Gasteiger partial charge in [-0.3, -0.25) is 19.8 Å². The molecule has 0 fully saturated rings. The van der Waals surface area contributed by atoms with E-state index in [-0.39, 0.29) is 12.4 Å². The van der Waals surface area contributed by atoms with Gasteiger partial charge in [-0.2, -0.15) is 0 Å². The molecule has 0 radical (unpaired) electrons. The maximum Gasteiger partial charge on any atom is 0.328 e. The summed E-state index contributed by atoms with van der Waals surface area (Å²) in [5.41, 5.74) is -0.333. The number of nitrogens with zero attached hydrogens (tertiary/aromatic N) is 1. The van der Waals surface area contributed by atoms with Crippen LogP contribution in [0.1, 0.15) is 18.1 Å². The standard InChI is InChI=1S/C14H13N3O5/c1-7(11-12(18)16-14(20)17-13(11)19)15-5-8-2-3-9-10(4-8)22-6-21-9/h2-4H,5-6H2,1H3,(H3,16,17,18,19,20). The van der Waals surface area contributed by atoms with Crippen molar-refractivity contribution in [3.05, 3.63) is 50.2 Å². The molecule has 0 unspecified atom stereocenters. The van der Waals surface area contributed by atoms with Crippen LogP contribution >= 0.6 is 0 Å². The van der Waals surface area contributed by atoms with Gasteiger partial charge in [-0.05, 0) is 24.6 Å². The number of aliphatic imine (C=N–C) groups is 1. The van der Waals surface area contributed by atoms with Crippen molar-refractivity contribution in [1.29, 1.82) is 0 Å². The molecule has 0 saturated heterocycles. The van der Waals surface area contributed by atoms with Crippen LogP contribution in [0.15, 0.2) is 32.8 Å². The summed E-state index contributed by atoms with van der Waals surface area (Å²) >= 11 is 0. The molecule has 1 aliphatic rings. The second-order valence-corrected chi connectivity index (χ2v) is 4.72. The SMILES string of the molecule is CC(=NCc1ccc2c(c1)OCO2)c1c(O)[nH]c(=O)[nH]c1=O. The maximum atomic E-state index is 11.7. The Balaban J connectivity index is 1.87. The largest absolute Gasteiger partial charge is 0.494 e. The lowest BCUT2D eigenvalue weighted by molar-refractivity contribution is 0.174. The van der Waals surface area contributed by atoms with Crippen LogP contribution < -0.4 is 20.7 Å². The van der Waals surface area contributed by atoms with Gasteiger partial charge in [0.15, 0.2) is 11.5 Å². The zero-order valence-electron chi connectivity index (χ0n) is 11.7. The van der Waals surface area contributed by atoms with E-state index in [1.54, 1.807) is 19.1 Å². The van der Waals surface area contributed by atoms with Crippen molar-refractivity contribution in [2.45, 2.75) is 13.5 Å². The van der Waals surface area contributed by atoms with E-state index in [1.165, 1.54) is 0 Å². The summed E-state index contributed by atoms with van der Waals surface area (Å²) in [4.78, 5) is 31.2. The Morgan fingerprint density at radius 1 is 1.27 bits per heavy atom. The predicted octanol–water partition coefficient (Wildman–Crippen LogP) is 0.507. The van der Waals surface area contributed by atoms with Crippen LogP contribution in [0.5, 0.6) is 17.4 Å². The molecular weight excluding hydrogens is 290 g/mol. The molecule has 0 saturated carbocycles. The fourth-order valence-corrected chi connectivity index (χ4v) is 2.14. The van der Waals surface area contributed by atoms with Gasteiger partial charge in [-0.25, -0.2) is 4.79 Å². The number of aromatic amines is 2. The fourth-order valence-electron chi connectivity index (χ4n) is 2.14. The van der Waals surface area contributed by atoms with E-state index in [0.717, 1.165) is 5.56 Å². The van der Waals surface area contributed by atoms with E-state index >= 15 is 0 Å². The normalized spacial score (nSPS) is 13.4. The van der Waals surface area contributed by atoms with Crippen molar-refractivity contribution in [3.8, 4) is 17.4 Å². The summed E-state index contributed by atoms with van der Waals surface area (Å²) in [5.74, 6) is 0.829. The smallest absolute Gasteiger partial charge is 0.328 e. The summed E-state index contributed by atoms with van der Waals surface area (Å²) in [7, 11) is 0. The van der Waals surface area contributed by atoms with Crippen molar-refractivity contribution >= 4 is 5.71 Å². The highest BCUT2D eigenvalue weighted by molar-refractivity contribution is 6.00. The average molecular weight is 303 g/mol. The molecule has 8 heteroatoms. The van der Waals surface area contributed by atoms with Gasteiger partial charge in [0, 0.05) is 0 Å². The third-order valence-electron chi connectivity index (χ3n) is 3.22. The third kappa shape index (κ3) is 2.58. The van der Waals surface area contributed by atoms with Crippen LogP contribution in [0.4, 0.5) is 0 Å². The number of H-pyrrole nitrogens is 2. The third-order valence-corrected chi connectivity index (χ3v) is 3.22. The Bertz CT molecular complexity index is 866. The Kier molecular flexibility index (Phi) is 3.42. The van der Waals surface area contributed by atoms with Crippen molar-refractivity contribution in [1.82, 2.24) is 9.97 Å². The van der Waals surface area contributed by atoms with E-state index in [2.05, 4.69) is 9.98 Å². The Morgan fingerprint density at radius 2 is 2.05 bits per heavy atom. The number of hydrogen-bond acceptors (Lipinski definition) is 6. The zero-order valence-corrected chi connectivity index (χ0v) is 11.7. The van der Waals surface area contributed by atoms with Crippen molar-refractivity contribution < 1.29 is 14.6 Å². The van der Waals surface area contributed by atoms with Crippen LogP contribution in [-0.2, 0) is 6.54 Å². The minimum Gasteiger partial charge on any atom is -0.494 e. The summed E-state index contributed by atoms with van der Waals surface area (Å²) in [6.07, 6.45) is 0. The number of aromatic hydroxyl groups is 1. The van der Waals surface area contributed by atoms with E-state index in [9.17, 15) is 14.7 Å². The van der Waals surface area contributed by atoms with Crippen LogP contribution in [0.3, 0.4) is 0 Å². The molecule has 114 valence electrons. The molecule has 1 aromatic carbocycles. The summed E-state index contributed by atoms with van der Waals surface area (Å²) < 4.78 is 10.5. The molecule has 0 atom stereocenters. The first-order valence-corrected chi connectivity index (χ1v) is 6.50. The lowest BCUT2D eigenvalue weighted by Gasteiger charge is -2.03. The van der Waals surface area contributed by atoms with Gasteiger partial charge >= 0.3 is 5.69 Å². The van der Waals surface area contributed by atoms with Crippen molar-refractivity contribution in [2.75, 3.05) is 6.79 Å². The van der Waals surface area contributed by atoms with Gasteiger partial charge in [0.05, 0.1) is 12.3 Å². The number of benzene rings is 1. The zero-order chi connectivity index (χ0) is 15.7. The highest BCUT2D eigenvalue weighted by atomic mass is 16.7. The molecule has 0 aliphatic carbocycles. The number of rotatable bonds is 3. The molecule has 2 aromatic rings. The monoisotopic (exact) mass is 303 g/mol. The first-order valence-electron chi connectivity index (χ1n) is 6.50. The van der Waals surface area contributed by atoms with Crippen LogP contribution in [-0.4, -0.2) is 27.6 Å². The molecular formula is C14H13N3O5. The Labute approximate surface area is 124 Å².